The van der Waals surface area contributed by atoms with Crippen molar-refractivity contribution >= 4 is 29.1 Å². The molecule has 0 saturated heterocycles. The van der Waals surface area contributed by atoms with E-state index in [1.54, 1.807) is 12.1 Å². The van der Waals surface area contributed by atoms with Gasteiger partial charge in [-0.2, -0.15) is 0 Å². The van der Waals surface area contributed by atoms with Crippen LogP contribution in [-0.4, -0.2) is 15.9 Å². The van der Waals surface area contributed by atoms with E-state index in [-0.39, 0.29) is 5.91 Å². The van der Waals surface area contributed by atoms with Crippen molar-refractivity contribution in [3.8, 4) is 0 Å². The van der Waals surface area contributed by atoms with Crippen molar-refractivity contribution in [2.45, 2.75) is 13.5 Å². The fourth-order valence-corrected chi connectivity index (χ4v) is 2.36. The summed E-state index contributed by atoms with van der Waals surface area (Å²) in [7, 11) is 0. The molecule has 0 radical (unpaired) electrons. The topological polar surface area (TPSA) is 66.9 Å². The number of carbonyl (C=O) groups is 1. The second kappa shape index (κ2) is 7.77. The van der Waals surface area contributed by atoms with Crippen LogP contribution in [0.15, 0.2) is 60.9 Å². The van der Waals surface area contributed by atoms with E-state index < -0.39 is 0 Å². The minimum Gasteiger partial charge on any atom is -0.348 e. The highest BCUT2D eigenvalue weighted by Crippen LogP contribution is 2.17. The van der Waals surface area contributed by atoms with Gasteiger partial charge >= 0.3 is 0 Å². The SMILES string of the molecule is Cc1ccccc1Nc1ncc(C(=O)NCc2ccc(Cl)cc2)cn1. The van der Waals surface area contributed by atoms with Gasteiger partial charge in [0.05, 0.1) is 5.56 Å². The van der Waals surface area contributed by atoms with Gasteiger partial charge in [0.2, 0.25) is 5.95 Å². The number of nitrogens with zero attached hydrogens (tertiary/aromatic N) is 2. The molecule has 3 aromatic rings. The Labute approximate surface area is 151 Å². The molecule has 0 saturated carbocycles. The molecule has 1 heterocycles. The minimum absolute atomic E-state index is 0.225. The Morgan fingerprint density at radius 1 is 1.04 bits per heavy atom. The number of anilines is 2. The molecule has 0 atom stereocenters. The zero-order valence-electron chi connectivity index (χ0n) is 13.7. The zero-order chi connectivity index (χ0) is 17.6. The number of aromatic nitrogens is 2. The molecule has 6 heteroatoms. The average Bonchev–Trinajstić information content (AvgIpc) is 2.63. The van der Waals surface area contributed by atoms with E-state index in [4.69, 9.17) is 11.6 Å². The number of nitrogens with one attached hydrogen (secondary N) is 2. The van der Waals surface area contributed by atoms with E-state index in [1.807, 2.05) is 43.3 Å². The quantitative estimate of drug-likeness (QED) is 0.725. The summed E-state index contributed by atoms with van der Waals surface area (Å²) in [4.78, 5) is 20.6. The van der Waals surface area contributed by atoms with Crippen LogP contribution in [0.1, 0.15) is 21.5 Å². The van der Waals surface area contributed by atoms with Crippen LogP contribution in [0.3, 0.4) is 0 Å². The summed E-state index contributed by atoms with van der Waals surface area (Å²) < 4.78 is 0. The standard InChI is InChI=1S/C19H17ClN4O/c1-13-4-2-3-5-17(13)24-19-22-11-15(12-23-19)18(25)21-10-14-6-8-16(20)9-7-14/h2-9,11-12H,10H2,1H3,(H,21,25)(H,22,23,24). The number of hydrogen-bond donors (Lipinski definition) is 2. The number of hydrogen-bond acceptors (Lipinski definition) is 4. The second-order valence-electron chi connectivity index (χ2n) is 5.54. The Kier molecular flexibility index (Phi) is 5.26. The number of aryl methyl sites for hydroxylation is 1. The number of halogens is 1. The van der Waals surface area contributed by atoms with Crippen molar-refractivity contribution in [1.82, 2.24) is 15.3 Å². The Bertz CT molecular complexity index is 863. The largest absolute Gasteiger partial charge is 0.348 e. The third-order valence-corrected chi connectivity index (χ3v) is 3.92. The third-order valence-electron chi connectivity index (χ3n) is 3.67. The lowest BCUT2D eigenvalue weighted by Gasteiger charge is -2.08. The molecular weight excluding hydrogens is 336 g/mol. The lowest BCUT2D eigenvalue weighted by Crippen LogP contribution is -2.23. The van der Waals surface area contributed by atoms with E-state index in [1.165, 1.54) is 12.4 Å². The zero-order valence-corrected chi connectivity index (χ0v) is 14.4. The van der Waals surface area contributed by atoms with E-state index in [0.717, 1.165) is 16.8 Å². The van der Waals surface area contributed by atoms with Gasteiger partial charge in [0.15, 0.2) is 0 Å². The molecule has 2 aromatic carbocycles. The highest BCUT2D eigenvalue weighted by molar-refractivity contribution is 6.30. The molecule has 3 rings (SSSR count). The van der Waals surface area contributed by atoms with Gasteiger partial charge in [-0.1, -0.05) is 41.9 Å². The molecule has 0 fully saturated rings. The first kappa shape index (κ1) is 16.9. The number of para-hydroxylation sites is 1. The fourth-order valence-electron chi connectivity index (χ4n) is 2.23. The van der Waals surface area contributed by atoms with E-state index in [2.05, 4.69) is 20.6 Å². The number of rotatable bonds is 5. The molecule has 5 nitrogen and oxygen atoms in total. The molecule has 0 aliphatic heterocycles. The van der Waals surface area contributed by atoms with Crippen LogP contribution < -0.4 is 10.6 Å². The Morgan fingerprint density at radius 3 is 2.40 bits per heavy atom. The first-order chi connectivity index (χ1) is 12.1. The van der Waals surface area contributed by atoms with E-state index in [0.29, 0.717) is 23.1 Å². The van der Waals surface area contributed by atoms with Gasteiger partial charge < -0.3 is 10.6 Å². The van der Waals surface area contributed by atoms with E-state index in [9.17, 15) is 4.79 Å². The van der Waals surface area contributed by atoms with Gasteiger partial charge in [0.1, 0.15) is 0 Å². The Hall–Kier alpha value is -2.92. The summed E-state index contributed by atoms with van der Waals surface area (Å²) in [5.74, 6) is 0.223. The lowest BCUT2D eigenvalue weighted by molar-refractivity contribution is 0.0950. The molecule has 0 bridgehead atoms. The summed E-state index contributed by atoms with van der Waals surface area (Å²) in [6.07, 6.45) is 3.01. The van der Waals surface area contributed by atoms with Crippen molar-refractivity contribution in [2.24, 2.45) is 0 Å². The van der Waals surface area contributed by atoms with Crippen LogP contribution in [-0.2, 0) is 6.54 Å². The summed E-state index contributed by atoms with van der Waals surface area (Å²) in [6, 6.07) is 15.2. The molecule has 0 aliphatic carbocycles. The highest BCUT2D eigenvalue weighted by Gasteiger charge is 2.07. The van der Waals surface area contributed by atoms with Crippen molar-refractivity contribution in [3.05, 3.63) is 82.6 Å². The van der Waals surface area contributed by atoms with Crippen molar-refractivity contribution in [2.75, 3.05) is 5.32 Å². The first-order valence-electron chi connectivity index (χ1n) is 7.79. The maximum Gasteiger partial charge on any atom is 0.254 e. The first-order valence-corrected chi connectivity index (χ1v) is 8.17. The molecule has 0 spiro atoms. The summed E-state index contributed by atoms with van der Waals surface area (Å²) in [5, 5.41) is 6.63. The van der Waals surface area contributed by atoms with Crippen molar-refractivity contribution < 1.29 is 4.79 Å². The molecular formula is C19H17ClN4O. The summed E-state index contributed by atoms with van der Waals surface area (Å²) >= 11 is 5.84. The average molecular weight is 353 g/mol. The molecule has 1 aromatic heterocycles. The number of benzene rings is 2. The van der Waals surface area contributed by atoms with Gasteiger partial charge in [-0.25, -0.2) is 9.97 Å². The van der Waals surface area contributed by atoms with Gasteiger partial charge in [-0.05, 0) is 36.2 Å². The van der Waals surface area contributed by atoms with Crippen LogP contribution in [0.25, 0.3) is 0 Å². The maximum absolute atomic E-state index is 12.2. The van der Waals surface area contributed by atoms with Gasteiger partial charge in [0.25, 0.3) is 5.91 Å². The van der Waals surface area contributed by atoms with E-state index >= 15 is 0 Å². The molecule has 1 amide bonds. The lowest BCUT2D eigenvalue weighted by atomic mass is 10.2. The number of carbonyl (C=O) groups excluding carboxylic acids is 1. The minimum atomic E-state index is -0.225. The van der Waals surface area contributed by atoms with Gasteiger partial charge in [0, 0.05) is 29.6 Å². The van der Waals surface area contributed by atoms with Crippen LogP contribution in [0.4, 0.5) is 11.6 Å². The van der Waals surface area contributed by atoms with Crippen LogP contribution in [0, 0.1) is 6.92 Å². The molecule has 126 valence electrons. The fraction of sp³-hybridized carbons (Fsp3) is 0.105. The maximum atomic E-state index is 12.2. The third kappa shape index (κ3) is 4.55. The van der Waals surface area contributed by atoms with Crippen molar-refractivity contribution in [1.29, 1.82) is 0 Å². The number of amides is 1. The smallest absolute Gasteiger partial charge is 0.254 e. The second-order valence-corrected chi connectivity index (χ2v) is 5.98. The summed E-state index contributed by atoms with van der Waals surface area (Å²) in [6.45, 7) is 2.42. The van der Waals surface area contributed by atoms with Gasteiger partial charge in [-0.15, -0.1) is 0 Å². The van der Waals surface area contributed by atoms with Crippen LogP contribution in [0.5, 0.6) is 0 Å². The predicted molar refractivity (Wildman–Crippen MR) is 99.1 cm³/mol. The van der Waals surface area contributed by atoms with Crippen LogP contribution in [0.2, 0.25) is 5.02 Å². The predicted octanol–water partition coefficient (Wildman–Crippen LogP) is 4.11. The van der Waals surface area contributed by atoms with Gasteiger partial charge in [-0.3, -0.25) is 4.79 Å². The summed E-state index contributed by atoms with van der Waals surface area (Å²) in [5.41, 5.74) is 3.40. The Morgan fingerprint density at radius 2 is 1.72 bits per heavy atom. The molecule has 0 aliphatic rings. The molecule has 0 unspecified atom stereocenters. The molecule has 2 N–H and O–H groups in total. The highest BCUT2D eigenvalue weighted by atomic mass is 35.5. The Balaban J connectivity index is 1.60. The normalized spacial score (nSPS) is 10.3. The monoisotopic (exact) mass is 352 g/mol. The molecule has 25 heavy (non-hydrogen) atoms. The van der Waals surface area contributed by atoms with Crippen LogP contribution >= 0.6 is 11.6 Å². The van der Waals surface area contributed by atoms with Crippen molar-refractivity contribution in [3.63, 3.8) is 0 Å².